The van der Waals surface area contributed by atoms with Crippen LogP contribution in [0, 0.1) is 19.8 Å². The van der Waals surface area contributed by atoms with Crippen molar-refractivity contribution in [2.75, 3.05) is 0 Å². The molecule has 1 unspecified atom stereocenters. The Morgan fingerprint density at radius 2 is 2.00 bits per heavy atom. The summed E-state index contributed by atoms with van der Waals surface area (Å²) in [6.07, 6.45) is 0.363. The number of carboxylic acid groups (broad SMARTS) is 1. The maximum absolute atomic E-state index is 11.9. The van der Waals surface area contributed by atoms with Crippen LogP contribution >= 0.6 is 11.3 Å². The third-order valence-corrected chi connectivity index (χ3v) is 3.54. The van der Waals surface area contributed by atoms with Gasteiger partial charge in [-0.25, -0.2) is 0 Å². The van der Waals surface area contributed by atoms with Crippen molar-refractivity contribution in [2.45, 2.75) is 33.6 Å². The third-order valence-electron chi connectivity index (χ3n) is 2.35. The van der Waals surface area contributed by atoms with Crippen LogP contribution in [0.3, 0.4) is 0 Å². The lowest BCUT2D eigenvalue weighted by atomic mass is 9.99. The third kappa shape index (κ3) is 3.45. The first-order valence-corrected chi connectivity index (χ1v) is 6.03. The Balaban J connectivity index is 2.65. The molecule has 0 saturated carbocycles. The maximum Gasteiger partial charge on any atom is 0.303 e. The highest BCUT2D eigenvalue weighted by atomic mass is 32.1. The van der Waals surface area contributed by atoms with Crippen molar-refractivity contribution >= 4 is 23.1 Å². The minimum absolute atomic E-state index is 0.0507. The monoisotopic (exact) mass is 240 g/mol. The molecule has 3 nitrogen and oxygen atoms in total. The van der Waals surface area contributed by atoms with Crippen LogP contribution in [-0.2, 0) is 4.79 Å². The number of aryl methyl sites for hydroxylation is 2. The van der Waals surface area contributed by atoms with Gasteiger partial charge in [0.15, 0.2) is 5.78 Å². The van der Waals surface area contributed by atoms with E-state index >= 15 is 0 Å². The lowest BCUT2D eigenvalue weighted by Crippen LogP contribution is -2.10. The first-order chi connectivity index (χ1) is 7.40. The average molecular weight is 240 g/mol. The van der Waals surface area contributed by atoms with Gasteiger partial charge in [0.05, 0.1) is 4.88 Å². The number of carbonyl (C=O) groups excluding carboxylic acids is 1. The fourth-order valence-corrected chi connectivity index (χ4v) is 2.67. The van der Waals surface area contributed by atoms with E-state index in [2.05, 4.69) is 0 Å². The molecule has 0 fully saturated rings. The summed E-state index contributed by atoms with van der Waals surface area (Å²) < 4.78 is 0. The molecule has 1 aromatic heterocycles. The van der Waals surface area contributed by atoms with Crippen molar-refractivity contribution in [1.82, 2.24) is 0 Å². The van der Waals surface area contributed by atoms with E-state index < -0.39 is 5.97 Å². The predicted octanol–water partition coefficient (Wildman–Crippen LogP) is 3.05. The van der Waals surface area contributed by atoms with Crippen LogP contribution in [-0.4, -0.2) is 16.9 Å². The van der Waals surface area contributed by atoms with Gasteiger partial charge in [0.25, 0.3) is 0 Å². The molecule has 1 rings (SSSR count). The molecule has 1 heterocycles. The zero-order valence-corrected chi connectivity index (χ0v) is 10.6. The summed E-state index contributed by atoms with van der Waals surface area (Å²) in [7, 11) is 0. The quantitative estimate of drug-likeness (QED) is 0.805. The van der Waals surface area contributed by atoms with Crippen molar-refractivity contribution in [1.29, 1.82) is 0 Å². The van der Waals surface area contributed by atoms with Crippen molar-refractivity contribution in [3.05, 3.63) is 21.4 Å². The molecule has 0 aromatic carbocycles. The summed E-state index contributed by atoms with van der Waals surface area (Å²) in [5.74, 6) is -0.893. The van der Waals surface area contributed by atoms with Gasteiger partial charge in [-0.15, -0.1) is 11.3 Å². The molecule has 4 heteroatoms. The average Bonchev–Trinajstić information content (AvgIpc) is 2.43. The SMILES string of the molecule is Cc1cc(C)c(C(=O)CC(C)CC(=O)O)s1. The molecule has 1 N–H and O–H groups in total. The molecule has 0 saturated heterocycles. The Kier molecular flexibility index (Phi) is 4.24. The molecular formula is C12H16O3S. The summed E-state index contributed by atoms with van der Waals surface area (Å²) in [5.41, 5.74) is 0.995. The summed E-state index contributed by atoms with van der Waals surface area (Å²) in [6, 6.07) is 1.99. The molecule has 0 aliphatic rings. The smallest absolute Gasteiger partial charge is 0.303 e. The molecule has 0 radical (unpaired) electrons. The van der Waals surface area contributed by atoms with Crippen LogP contribution < -0.4 is 0 Å². The van der Waals surface area contributed by atoms with Gasteiger partial charge in [0.2, 0.25) is 0 Å². The molecular weight excluding hydrogens is 224 g/mol. The minimum Gasteiger partial charge on any atom is -0.481 e. The van der Waals surface area contributed by atoms with Crippen LogP contribution in [0.1, 0.15) is 39.9 Å². The Bertz CT molecular complexity index is 406. The van der Waals surface area contributed by atoms with Crippen LogP contribution in [0.25, 0.3) is 0 Å². The summed E-state index contributed by atoms with van der Waals surface area (Å²) in [6.45, 7) is 5.68. The van der Waals surface area contributed by atoms with Gasteiger partial charge in [0.1, 0.15) is 0 Å². The van der Waals surface area contributed by atoms with E-state index in [0.29, 0.717) is 6.42 Å². The van der Waals surface area contributed by atoms with E-state index in [-0.39, 0.29) is 18.1 Å². The number of aliphatic carboxylic acids is 1. The summed E-state index contributed by atoms with van der Waals surface area (Å²) >= 11 is 1.49. The Morgan fingerprint density at radius 3 is 2.44 bits per heavy atom. The Hall–Kier alpha value is -1.16. The van der Waals surface area contributed by atoms with Gasteiger partial charge in [0, 0.05) is 17.7 Å². The molecule has 0 bridgehead atoms. The number of hydrogen-bond donors (Lipinski definition) is 1. The van der Waals surface area contributed by atoms with Gasteiger partial charge >= 0.3 is 5.97 Å². The number of thiophene rings is 1. The molecule has 16 heavy (non-hydrogen) atoms. The van der Waals surface area contributed by atoms with Crippen LogP contribution in [0.5, 0.6) is 0 Å². The highest BCUT2D eigenvalue weighted by Crippen LogP contribution is 2.24. The molecule has 0 spiro atoms. The standard InChI is InChI=1S/C12H16O3S/c1-7(5-11(14)15)4-10(13)12-8(2)6-9(3)16-12/h6-7H,4-5H2,1-3H3,(H,14,15). The molecule has 1 atom stereocenters. The van der Waals surface area contributed by atoms with Gasteiger partial charge in [-0.2, -0.15) is 0 Å². The van der Waals surface area contributed by atoms with Crippen molar-refractivity contribution < 1.29 is 14.7 Å². The molecule has 1 aromatic rings. The van der Waals surface area contributed by atoms with Crippen molar-refractivity contribution in [3.63, 3.8) is 0 Å². The molecule has 0 amide bonds. The van der Waals surface area contributed by atoms with Gasteiger partial charge in [-0.3, -0.25) is 9.59 Å². The highest BCUT2D eigenvalue weighted by Gasteiger charge is 2.17. The second-order valence-corrected chi connectivity index (χ2v) is 5.46. The number of Topliss-reactive ketones (excluding diaryl/α,β-unsaturated/α-hetero) is 1. The fraction of sp³-hybridized carbons (Fsp3) is 0.500. The fourth-order valence-electron chi connectivity index (χ4n) is 1.70. The zero-order valence-electron chi connectivity index (χ0n) is 9.74. The second kappa shape index (κ2) is 5.25. The minimum atomic E-state index is -0.848. The largest absolute Gasteiger partial charge is 0.481 e. The molecule has 88 valence electrons. The van der Waals surface area contributed by atoms with Gasteiger partial charge in [-0.05, 0) is 31.4 Å². The Labute approximate surface area is 99.1 Å². The van der Waals surface area contributed by atoms with E-state index in [1.54, 1.807) is 6.92 Å². The Morgan fingerprint density at radius 1 is 1.38 bits per heavy atom. The van der Waals surface area contributed by atoms with E-state index in [1.165, 1.54) is 11.3 Å². The predicted molar refractivity (Wildman–Crippen MR) is 64.2 cm³/mol. The number of rotatable bonds is 5. The molecule has 0 aliphatic heterocycles. The first kappa shape index (κ1) is 12.9. The topological polar surface area (TPSA) is 54.4 Å². The van der Waals surface area contributed by atoms with E-state index in [1.807, 2.05) is 19.9 Å². The van der Waals surface area contributed by atoms with Crippen molar-refractivity contribution in [3.8, 4) is 0 Å². The van der Waals surface area contributed by atoms with Gasteiger partial charge in [-0.1, -0.05) is 6.92 Å². The number of hydrogen-bond acceptors (Lipinski definition) is 3. The second-order valence-electron chi connectivity index (χ2n) is 4.20. The lowest BCUT2D eigenvalue weighted by molar-refractivity contribution is -0.137. The maximum atomic E-state index is 11.9. The van der Waals surface area contributed by atoms with E-state index in [0.717, 1.165) is 15.3 Å². The van der Waals surface area contributed by atoms with Gasteiger partial charge < -0.3 is 5.11 Å². The van der Waals surface area contributed by atoms with Crippen LogP contribution in [0.4, 0.5) is 0 Å². The summed E-state index contributed by atoms with van der Waals surface area (Å²) in [4.78, 5) is 24.3. The number of carboxylic acids is 1. The van der Waals surface area contributed by atoms with E-state index in [4.69, 9.17) is 5.11 Å². The number of carbonyl (C=O) groups is 2. The van der Waals surface area contributed by atoms with E-state index in [9.17, 15) is 9.59 Å². The number of ketones is 1. The van der Waals surface area contributed by atoms with Crippen LogP contribution in [0.15, 0.2) is 6.07 Å². The van der Waals surface area contributed by atoms with Crippen LogP contribution in [0.2, 0.25) is 0 Å². The lowest BCUT2D eigenvalue weighted by Gasteiger charge is -2.06. The zero-order chi connectivity index (χ0) is 12.3. The highest BCUT2D eigenvalue weighted by molar-refractivity contribution is 7.14. The normalized spacial score (nSPS) is 12.4. The van der Waals surface area contributed by atoms with Crippen molar-refractivity contribution in [2.24, 2.45) is 5.92 Å². The first-order valence-electron chi connectivity index (χ1n) is 5.22. The molecule has 0 aliphatic carbocycles. The summed E-state index contributed by atoms with van der Waals surface area (Å²) in [5, 5.41) is 8.62.